The van der Waals surface area contributed by atoms with Crippen LogP contribution in [-0.4, -0.2) is 16.0 Å². The molecule has 4 nitrogen and oxygen atoms in total. The predicted octanol–water partition coefficient (Wildman–Crippen LogP) is 1.27. The summed E-state index contributed by atoms with van der Waals surface area (Å²) in [5.74, 6) is -0.438. The third kappa shape index (κ3) is 1.28. The minimum absolute atomic E-state index is 0.438. The number of fused-ring (bicyclic) bond motifs is 1. The number of para-hydroxylation sites is 1. The van der Waals surface area contributed by atoms with Crippen molar-refractivity contribution in [2.24, 2.45) is 0 Å². The van der Waals surface area contributed by atoms with E-state index in [1.165, 1.54) is 6.20 Å². The van der Waals surface area contributed by atoms with Gasteiger partial charge in [0, 0.05) is 29.2 Å². The largest absolute Gasteiger partial charge is 0.372 e. The van der Waals surface area contributed by atoms with Crippen molar-refractivity contribution in [2.75, 3.05) is 5.32 Å². The molecule has 0 aliphatic carbocycles. The van der Waals surface area contributed by atoms with Gasteiger partial charge in [-0.3, -0.25) is 9.78 Å². The van der Waals surface area contributed by atoms with E-state index in [1.54, 1.807) is 36.5 Å². The van der Waals surface area contributed by atoms with Crippen LogP contribution in [0.5, 0.6) is 0 Å². The Kier molecular flexibility index (Phi) is 2.00. The summed E-state index contributed by atoms with van der Waals surface area (Å²) in [5, 5.41) is 13.3. The second-order valence-corrected chi connectivity index (χ2v) is 3.95. The minimum Gasteiger partial charge on any atom is -0.372 e. The summed E-state index contributed by atoms with van der Waals surface area (Å²) in [6.45, 7) is 0. The minimum atomic E-state index is -1.63. The fraction of sp³-hybridized carbons (Fsp3) is 0.0769. The van der Waals surface area contributed by atoms with Gasteiger partial charge in [0.15, 0.2) is 5.60 Å². The number of carbonyl (C=O) groups excluding carboxylic acids is 1. The van der Waals surface area contributed by atoms with Crippen LogP contribution in [0.25, 0.3) is 0 Å². The molecule has 0 bridgehead atoms. The number of nitrogens with one attached hydrogen (secondary N) is 1. The van der Waals surface area contributed by atoms with Crippen molar-refractivity contribution in [2.45, 2.75) is 5.60 Å². The number of carbonyl (C=O) groups is 1. The average Bonchev–Trinajstić information content (AvgIpc) is 2.64. The van der Waals surface area contributed by atoms with E-state index in [2.05, 4.69) is 10.3 Å². The predicted molar refractivity (Wildman–Crippen MR) is 62.3 cm³/mol. The number of pyridine rings is 1. The molecule has 0 saturated heterocycles. The molecule has 84 valence electrons. The molecule has 1 aliphatic heterocycles. The van der Waals surface area contributed by atoms with Crippen LogP contribution in [0, 0.1) is 0 Å². The van der Waals surface area contributed by atoms with Gasteiger partial charge in [-0.25, -0.2) is 0 Å². The van der Waals surface area contributed by atoms with E-state index in [-0.39, 0.29) is 0 Å². The molecule has 2 heterocycles. The lowest BCUT2D eigenvalue weighted by atomic mass is 9.89. The zero-order chi connectivity index (χ0) is 11.9. The first-order valence-electron chi connectivity index (χ1n) is 5.27. The summed E-state index contributed by atoms with van der Waals surface area (Å²) in [5.41, 5.74) is 0.0505. The molecule has 17 heavy (non-hydrogen) atoms. The standard InChI is InChI=1S/C13H10N2O2/c16-12-13(17,9-4-3-7-14-8-9)10-5-1-2-6-11(10)15-12/h1-8,17H,(H,15,16). The van der Waals surface area contributed by atoms with E-state index in [0.717, 1.165) is 0 Å². The Balaban J connectivity index is 2.24. The Morgan fingerprint density at radius 2 is 2.00 bits per heavy atom. The van der Waals surface area contributed by atoms with Gasteiger partial charge in [0.05, 0.1) is 0 Å². The molecule has 1 unspecified atom stereocenters. The van der Waals surface area contributed by atoms with Crippen molar-refractivity contribution in [3.05, 3.63) is 59.9 Å². The third-order valence-electron chi connectivity index (χ3n) is 2.97. The van der Waals surface area contributed by atoms with Crippen LogP contribution in [0.2, 0.25) is 0 Å². The Morgan fingerprint density at radius 1 is 1.18 bits per heavy atom. The molecule has 0 fully saturated rings. The summed E-state index contributed by atoms with van der Waals surface area (Å²) >= 11 is 0. The molecule has 1 aromatic heterocycles. The first kappa shape index (κ1) is 9.99. The van der Waals surface area contributed by atoms with Crippen molar-refractivity contribution in [1.29, 1.82) is 0 Å². The van der Waals surface area contributed by atoms with Crippen molar-refractivity contribution in [3.63, 3.8) is 0 Å². The van der Waals surface area contributed by atoms with Crippen LogP contribution in [0.15, 0.2) is 48.8 Å². The number of aromatic nitrogens is 1. The van der Waals surface area contributed by atoms with E-state index < -0.39 is 11.5 Å². The molecule has 0 saturated carbocycles. The van der Waals surface area contributed by atoms with Crippen molar-refractivity contribution < 1.29 is 9.90 Å². The molecule has 1 aromatic carbocycles. The number of hydrogen-bond acceptors (Lipinski definition) is 3. The van der Waals surface area contributed by atoms with Gasteiger partial charge in [-0.2, -0.15) is 0 Å². The lowest BCUT2D eigenvalue weighted by Gasteiger charge is -2.20. The Bertz CT molecular complexity index is 583. The van der Waals surface area contributed by atoms with E-state index in [9.17, 15) is 9.90 Å². The van der Waals surface area contributed by atoms with Crippen molar-refractivity contribution in [3.8, 4) is 0 Å². The molecule has 1 aliphatic rings. The normalized spacial score (nSPS) is 22.1. The van der Waals surface area contributed by atoms with Gasteiger partial charge in [0.25, 0.3) is 5.91 Å². The number of anilines is 1. The molecule has 0 spiro atoms. The van der Waals surface area contributed by atoms with E-state index >= 15 is 0 Å². The maximum absolute atomic E-state index is 12.0. The first-order chi connectivity index (χ1) is 8.23. The smallest absolute Gasteiger partial charge is 0.265 e. The quantitative estimate of drug-likeness (QED) is 0.769. The Morgan fingerprint density at radius 3 is 2.76 bits per heavy atom. The summed E-state index contributed by atoms with van der Waals surface area (Å²) in [7, 11) is 0. The highest BCUT2D eigenvalue weighted by molar-refractivity contribution is 6.07. The highest BCUT2D eigenvalue weighted by Crippen LogP contribution is 2.40. The zero-order valence-electron chi connectivity index (χ0n) is 8.92. The van der Waals surface area contributed by atoms with Gasteiger partial charge in [-0.15, -0.1) is 0 Å². The molecule has 2 N–H and O–H groups in total. The number of benzene rings is 1. The van der Waals surface area contributed by atoms with Crippen LogP contribution < -0.4 is 5.32 Å². The van der Waals surface area contributed by atoms with Crippen molar-refractivity contribution >= 4 is 11.6 Å². The van der Waals surface area contributed by atoms with Crippen LogP contribution in [-0.2, 0) is 10.4 Å². The molecule has 4 heteroatoms. The molecule has 1 amide bonds. The topological polar surface area (TPSA) is 62.2 Å². The van der Waals surface area contributed by atoms with Gasteiger partial charge in [-0.1, -0.05) is 24.3 Å². The van der Waals surface area contributed by atoms with Crippen molar-refractivity contribution in [1.82, 2.24) is 4.98 Å². The number of rotatable bonds is 1. The average molecular weight is 226 g/mol. The van der Waals surface area contributed by atoms with Crippen LogP contribution in [0.4, 0.5) is 5.69 Å². The lowest BCUT2D eigenvalue weighted by molar-refractivity contribution is -0.129. The number of aliphatic hydroxyl groups is 1. The second kappa shape index (κ2) is 3.40. The van der Waals surface area contributed by atoms with E-state index in [4.69, 9.17) is 0 Å². The summed E-state index contributed by atoms with van der Waals surface area (Å²) in [4.78, 5) is 15.9. The van der Waals surface area contributed by atoms with E-state index in [1.807, 2.05) is 6.07 Å². The number of hydrogen-bond donors (Lipinski definition) is 2. The van der Waals surface area contributed by atoms with Gasteiger partial charge in [-0.05, 0) is 12.1 Å². The molecule has 2 aromatic rings. The zero-order valence-corrected chi connectivity index (χ0v) is 8.92. The monoisotopic (exact) mass is 226 g/mol. The fourth-order valence-electron chi connectivity index (χ4n) is 2.11. The fourth-order valence-corrected chi connectivity index (χ4v) is 2.11. The highest BCUT2D eigenvalue weighted by Gasteiger charge is 2.46. The van der Waals surface area contributed by atoms with Gasteiger partial charge < -0.3 is 10.4 Å². The summed E-state index contributed by atoms with van der Waals surface area (Å²) in [6.07, 6.45) is 3.10. The maximum Gasteiger partial charge on any atom is 0.265 e. The van der Waals surface area contributed by atoms with Gasteiger partial charge in [0.2, 0.25) is 0 Å². The third-order valence-corrected chi connectivity index (χ3v) is 2.97. The number of nitrogens with zero attached hydrogens (tertiary/aromatic N) is 1. The van der Waals surface area contributed by atoms with Crippen LogP contribution in [0.3, 0.4) is 0 Å². The molecular weight excluding hydrogens is 216 g/mol. The lowest BCUT2D eigenvalue weighted by Crippen LogP contribution is -2.35. The Hall–Kier alpha value is -2.20. The molecule has 3 rings (SSSR count). The highest BCUT2D eigenvalue weighted by atomic mass is 16.3. The molecular formula is C13H10N2O2. The Labute approximate surface area is 97.9 Å². The molecule has 0 radical (unpaired) electrons. The number of amides is 1. The first-order valence-corrected chi connectivity index (χ1v) is 5.27. The molecule has 1 atom stereocenters. The van der Waals surface area contributed by atoms with Gasteiger partial charge >= 0.3 is 0 Å². The van der Waals surface area contributed by atoms with E-state index in [0.29, 0.717) is 16.8 Å². The maximum atomic E-state index is 12.0. The summed E-state index contributed by atoms with van der Waals surface area (Å²) in [6, 6.07) is 10.5. The van der Waals surface area contributed by atoms with Crippen LogP contribution >= 0.6 is 0 Å². The van der Waals surface area contributed by atoms with Gasteiger partial charge in [0.1, 0.15) is 0 Å². The SMILES string of the molecule is O=C1Nc2ccccc2C1(O)c1cccnc1. The second-order valence-electron chi connectivity index (χ2n) is 3.95. The summed E-state index contributed by atoms with van der Waals surface area (Å²) < 4.78 is 0. The van der Waals surface area contributed by atoms with Crippen LogP contribution in [0.1, 0.15) is 11.1 Å².